The summed E-state index contributed by atoms with van der Waals surface area (Å²) in [5, 5.41) is 6.75. The van der Waals surface area contributed by atoms with Crippen LogP contribution in [0.25, 0.3) is 0 Å². The fourth-order valence-electron chi connectivity index (χ4n) is 3.18. The van der Waals surface area contributed by atoms with Crippen molar-refractivity contribution in [3.05, 3.63) is 47.5 Å². The number of likely N-dealkylation sites (tertiary alicyclic amines) is 1. The first-order chi connectivity index (χ1) is 10.9. The third kappa shape index (κ3) is 3.61. The van der Waals surface area contributed by atoms with Crippen LogP contribution in [0.3, 0.4) is 0 Å². The highest BCUT2D eigenvalue weighted by Gasteiger charge is 2.27. The molecule has 1 N–H and O–H groups in total. The van der Waals surface area contributed by atoms with Gasteiger partial charge in [0.1, 0.15) is 10.7 Å². The molecule has 1 aromatic carbocycles. The number of rotatable bonds is 4. The molecular weight excluding hydrogens is 317 g/mol. The molecule has 1 fully saturated rings. The van der Waals surface area contributed by atoms with Crippen molar-refractivity contribution in [3.63, 3.8) is 0 Å². The van der Waals surface area contributed by atoms with Crippen LogP contribution in [0.4, 0.5) is 4.39 Å². The van der Waals surface area contributed by atoms with Gasteiger partial charge in [0.15, 0.2) is 9.84 Å². The van der Waals surface area contributed by atoms with E-state index < -0.39 is 9.84 Å². The number of sulfone groups is 1. The molecule has 7 heteroatoms. The molecule has 1 saturated heterocycles. The van der Waals surface area contributed by atoms with Gasteiger partial charge in [-0.25, -0.2) is 12.8 Å². The van der Waals surface area contributed by atoms with Crippen molar-refractivity contribution in [1.29, 1.82) is 0 Å². The number of aromatic nitrogens is 2. The van der Waals surface area contributed by atoms with Gasteiger partial charge in [-0.2, -0.15) is 5.10 Å². The van der Waals surface area contributed by atoms with E-state index in [1.165, 1.54) is 18.5 Å². The number of nitrogens with one attached hydrogen (secondary N) is 1. The second-order valence-electron chi connectivity index (χ2n) is 6.09. The third-order valence-electron chi connectivity index (χ3n) is 4.30. The topological polar surface area (TPSA) is 66.1 Å². The Hall–Kier alpha value is -1.73. The van der Waals surface area contributed by atoms with Gasteiger partial charge in [0, 0.05) is 30.8 Å². The maximum Gasteiger partial charge on any atom is 0.178 e. The minimum atomic E-state index is -3.29. The Kier molecular flexibility index (Phi) is 4.50. The highest BCUT2D eigenvalue weighted by atomic mass is 32.2. The van der Waals surface area contributed by atoms with E-state index in [-0.39, 0.29) is 16.6 Å². The van der Waals surface area contributed by atoms with E-state index in [1.54, 1.807) is 12.1 Å². The van der Waals surface area contributed by atoms with Crippen molar-refractivity contribution >= 4 is 9.84 Å². The molecule has 0 unspecified atom stereocenters. The SMILES string of the molecule is CS(=O)(=O)c1cn[nH]c1[C@@H]1CCCN(Cc2ccccc2F)C1. The summed E-state index contributed by atoms with van der Waals surface area (Å²) >= 11 is 0. The fourth-order valence-corrected chi connectivity index (χ4v) is 4.03. The van der Waals surface area contributed by atoms with E-state index >= 15 is 0 Å². The Morgan fingerprint density at radius 2 is 2.17 bits per heavy atom. The number of nitrogens with zero attached hydrogens (tertiary/aromatic N) is 2. The number of hydrogen-bond acceptors (Lipinski definition) is 4. The average molecular weight is 337 g/mol. The maximum absolute atomic E-state index is 13.8. The molecule has 23 heavy (non-hydrogen) atoms. The minimum absolute atomic E-state index is 0.0720. The average Bonchev–Trinajstić information content (AvgIpc) is 3.00. The van der Waals surface area contributed by atoms with Crippen molar-refractivity contribution in [1.82, 2.24) is 15.1 Å². The summed E-state index contributed by atoms with van der Waals surface area (Å²) in [4.78, 5) is 2.44. The monoisotopic (exact) mass is 337 g/mol. The summed E-state index contributed by atoms with van der Waals surface area (Å²) in [6.07, 6.45) is 4.42. The molecule has 0 saturated carbocycles. The molecule has 2 heterocycles. The number of H-pyrrole nitrogens is 1. The van der Waals surface area contributed by atoms with Crippen molar-refractivity contribution < 1.29 is 12.8 Å². The van der Waals surface area contributed by atoms with Crippen LogP contribution in [0.5, 0.6) is 0 Å². The highest BCUT2D eigenvalue weighted by Crippen LogP contribution is 2.30. The Morgan fingerprint density at radius 1 is 1.39 bits per heavy atom. The first-order valence-corrected chi connectivity index (χ1v) is 9.53. The van der Waals surface area contributed by atoms with E-state index in [4.69, 9.17) is 0 Å². The molecule has 0 bridgehead atoms. The van der Waals surface area contributed by atoms with Gasteiger partial charge in [0.25, 0.3) is 0 Å². The van der Waals surface area contributed by atoms with Crippen LogP contribution >= 0.6 is 0 Å². The number of halogens is 1. The van der Waals surface area contributed by atoms with Gasteiger partial charge < -0.3 is 0 Å². The Labute approximate surface area is 135 Å². The maximum atomic E-state index is 13.8. The van der Waals surface area contributed by atoms with Gasteiger partial charge in [0.2, 0.25) is 0 Å². The lowest BCUT2D eigenvalue weighted by Gasteiger charge is -2.32. The zero-order chi connectivity index (χ0) is 16.4. The van der Waals surface area contributed by atoms with Crippen molar-refractivity contribution in [2.45, 2.75) is 30.2 Å². The normalized spacial score (nSPS) is 19.8. The smallest absolute Gasteiger partial charge is 0.178 e. The zero-order valence-corrected chi connectivity index (χ0v) is 13.8. The largest absolute Gasteiger partial charge is 0.298 e. The lowest BCUT2D eigenvalue weighted by molar-refractivity contribution is 0.195. The molecule has 1 aliphatic rings. The van der Waals surface area contributed by atoms with Crippen molar-refractivity contribution in [2.24, 2.45) is 0 Å². The summed E-state index contributed by atoms with van der Waals surface area (Å²) < 4.78 is 37.5. The van der Waals surface area contributed by atoms with Crippen LogP contribution in [0, 0.1) is 5.82 Å². The van der Waals surface area contributed by atoms with Gasteiger partial charge in [-0.1, -0.05) is 18.2 Å². The van der Waals surface area contributed by atoms with Crippen LogP contribution < -0.4 is 0 Å². The molecule has 124 valence electrons. The van der Waals surface area contributed by atoms with Gasteiger partial charge >= 0.3 is 0 Å². The van der Waals surface area contributed by atoms with Crippen LogP contribution in [0.2, 0.25) is 0 Å². The van der Waals surface area contributed by atoms with Crippen LogP contribution in [-0.2, 0) is 16.4 Å². The van der Waals surface area contributed by atoms with Crippen LogP contribution in [0.15, 0.2) is 35.4 Å². The molecule has 0 radical (unpaired) electrons. The first kappa shape index (κ1) is 16.1. The molecule has 0 amide bonds. The molecule has 0 aliphatic carbocycles. The quantitative estimate of drug-likeness (QED) is 0.930. The van der Waals surface area contributed by atoms with Crippen molar-refractivity contribution in [2.75, 3.05) is 19.3 Å². The predicted molar refractivity (Wildman–Crippen MR) is 85.3 cm³/mol. The Balaban J connectivity index is 1.77. The summed E-state index contributed by atoms with van der Waals surface area (Å²) in [5.41, 5.74) is 1.34. The molecular formula is C16H20FN3O2S. The number of piperidine rings is 1. The number of hydrogen-bond donors (Lipinski definition) is 1. The van der Waals surface area contributed by atoms with E-state index in [1.807, 2.05) is 6.07 Å². The second-order valence-corrected chi connectivity index (χ2v) is 8.07. The standard InChI is InChI=1S/C16H20FN3O2S/c1-23(21,22)15-9-18-19-16(15)13-6-4-8-20(11-13)10-12-5-2-3-7-14(12)17/h2-3,5,7,9,13H,4,6,8,10-11H2,1H3,(H,18,19)/t13-/m1/s1. The molecule has 0 spiro atoms. The lowest BCUT2D eigenvalue weighted by atomic mass is 9.94. The Bertz CT molecular complexity index is 788. The summed E-state index contributed by atoms with van der Waals surface area (Å²) in [7, 11) is -3.29. The van der Waals surface area contributed by atoms with E-state index in [0.717, 1.165) is 19.4 Å². The fraction of sp³-hybridized carbons (Fsp3) is 0.438. The van der Waals surface area contributed by atoms with Crippen molar-refractivity contribution in [3.8, 4) is 0 Å². The summed E-state index contributed by atoms with van der Waals surface area (Å²) in [5.74, 6) is -0.129. The van der Waals surface area contributed by atoms with Gasteiger partial charge in [-0.15, -0.1) is 0 Å². The summed E-state index contributed by atoms with van der Waals surface area (Å²) in [6.45, 7) is 2.11. The molecule has 3 rings (SSSR count). The first-order valence-electron chi connectivity index (χ1n) is 7.64. The van der Waals surface area contributed by atoms with Gasteiger partial charge in [0.05, 0.1) is 11.9 Å². The van der Waals surface area contributed by atoms with E-state index in [0.29, 0.717) is 24.3 Å². The summed E-state index contributed by atoms with van der Waals surface area (Å²) in [6, 6.07) is 6.77. The number of benzene rings is 1. The zero-order valence-electron chi connectivity index (χ0n) is 13.0. The van der Waals surface area contributed by atoms with Gasteiger partial charge in [-0.05, 0) is 25.5 Å². The number of aromatic amines is 1. The van der Waals surface area contributed by atoms with Gasteiger partial charge in [-0.3, -0.25) is 10.00 Å². The van der Waals surface area contributed by atoms with Crippen LogP contribution in [-0.4, -0.2) is 42.9 Å². The molecule has 1 aliphatic heterocycles. The minimum Gasteiger partial charge on any atom is -0.298 e. The Morgan fingerprint density at radius 3 is 2.91 bits per heavy atom. The van der Waals surface area contributed by atoms with E-state index in [9.17, 15) is 12.8 Å². The molecule has 1 atom stereocenters. The molecule has 2 aromatic rings. The second kappa shape index (κ2) is 6.41. The van der Waals surface area contributed by atoms with Crippen LogP contribution in [0.1, 0.15) is 30.0 Å². The van der Waals surface area contributed by atoms with E-state index in [2.05, 4.69) is 15.1 Å². The predicted octanol–water partition coefficient (Wildman–Crippen LogP) is 2.33. The third-order valence-corrected chi connectivity index (χ3v) is 5.42. The molecule has 1 aromatic heterocycles. The highest BCUT2D eigenvalue weighted by molar-refractivity contribution is 7.90. The molecule has 5 nitrogen and oxygen atoms in total. The lowest BCUT2D eigenvalue weighted by Crippen LogP contribution is -2.34.